The predicted octanol–water partition coefficient (Wildman–Crippen LogP) is 1.80. The molecular formula is C10H20O3. The van der Waals surface area contributed by atoms with Crippen molar-refractivity contribution in [3.63, 3.8) is 0 Å². The highest BCUT2D eigenvalue weighted by atomic mass is 16.5. The highest BCUT2D eigenvalue weighted by Crippen LogP contribution is 2.10. The van der Waals surface area contributed by atoms with E-state index in [1.165, 1.54) is 0 Å². The van der Waals surface area contributed by atoms with Gasteiger partial charge in [-0.05, 0) is 34.6 Å². The first-order chi connectivity index (χ1) is 5.90. The number of hydrogen-bond acceptors (Lipinski definition) is 3. The molecule has 0 spiro atoms. The summed E-state index contributed by atoms with van der Waals surface area (Å²) in [6, 6.07) is 0. The highest BCUT2D eigenvalue weighted by Gasteiger charge is 2.27. The van der Waals surface area contributed by atoms with Gasteiger partial charge in [-0.2, -0.15) is 0 Å². The third kappa shape index (κ3) is 5.01. The number of carbonyl (C=O) groups excluding carboxylic acids is 1. The Kier molecular flexibility index (Phi) is 5.18. The first kappa shape index (κ1) is 12.6. The average Bonchev–Trinajstić information content (AvgIpc) is 1.99. The van der Waals surface area contributed by atoms with Crippen LogP contribution in [0.5, 0.6) is 0 Å². The molecule has 0 saturated heterocycles. The first-order valence-corrected chi connectivity index (χ1v) is 4.69. The van der Waals surface area contributed by atoms with Gasteiger partial charge >= 0.3 is 0 Å². The molecule has 0 fully saturated rings. The summed E-state index contributed by atoms with van der Waals surface area (Å²) in [7, 11) is 0. The summed E-state index contributed by atoms with van der Waals surface area (Å²) in [6.07, 6.45) is 0.0846. The van der Waals surface area contributed by atoms with Crippen LogP contribution in [0.3, 0.4) is 0 Å². The molecular weight excluding hydrogens is 168 g/mol. The van der Waals surface area contributed by atoms with Crippen LogP contribution in [0.1, 0.15) is 34.6 Å². The van der Waals surface area contributed by atoms with Crippen LogP contribution in [0.25, 0.3) is 0 Å². The Morgan fingerprint density at radius 2 is 1.92 bits per heavy atom. The van der Waals surface area contributed by atoms with E-state index in [-0.39, 0.29) is 18.5 Å². The third-order valence-electron chi connectivity index (χ3n) is 1.72. The van der Waals surface area contributed by atoms with Crippen LogP contribution in [0.2, 0.25) is 0 Å². The van der Waals surface area contributed by atoms with Crippen LogP contribution in [0, 0.1) is 0 Å². The van der Waals surface area contributed by atoms with E-state index < -0.39 is 5.60 Å². The van der Waals surface area contributed by atoms with Gasteiger partial charge in [-0.15, -0.1) is 0 Å². The van der Waals surface area contributed by atoms with Crippen molar-refractivity contribution in [2.45, 2.75) is 46.3 Å². The summed E-state index contributed by atoms with van der Waals surface area (Å²) in [4.78, 5) is 11.5. The summed E-state index contributed by atoms with van der Waals surface area (Å²) in [5.74, 6) is -0.0111. The van der Waals surface area contributed by atoms with E-state index in [2.05, 4.69) is 0 Å². The smallest absolute Gasteiger partial charge is 0.189 e. The number of hydrogen-bond donors (Lipinski definition) is 0. The van der Waals surface area contributed by atoms with E-state index in [0.29, 0.717) is 6.61 Å². The number of rotatable bonds is 6. The fraction of sp³-hybridized carbons (Fsp3) is 0.900. The zero-order chi connectivity index (χ0) is 10.5. The van der Waals surface area contributed by atoms with E-state index in [1.54, 1.807) is 13.8 Å². The van der Waals surface area contributed by atoms with E-state index in [4.69, 9.17) is 9.47 Å². The van der Waals surface area contributed by atoms with Crippen LogP contribution in [-0.4, -0.2) is 30.7 Å². The van der Waals surface area contributed by atoms with Crippen molar-refractivity contribution in [3.05, 3.63) is 0 Å². The van der Waals surface area contributed by atoms with E-state index in [1.807, 2.05) is 20.8 Å². The fourth-order valence-corrected chi connectivity index (χ4v) is 0.857. The molecule has 0 aliphatic rings. The van der Waals surface area contributed by atoms with Crippen LogP contribution >= 0.6 is 0 Å². The van der Waals surface area contributed by atoms with Gasteiger partial charge in [-0.3, -0.25) is 4.79 Å². The van der Waals surface area contributed by atoms with Crippen molar-refractivity contribution in [2.24, 2.45) is 0 Å². The summed E-state index contributed by atoms with van der Waals surface area (Å²) in [5, 5.41) is 0. The quantitative estimate of drug-likeness (QED) is 0.637. The Balaban J connectivity index is 3.94. The first-order valence-electron chi connectivity index (χ1n) is 4.69. The molecule has 0 aromatic heterocycles. The van der Waals surface area contributed by atoms with Crippen molar-refractivity contribution < 1.29 is 14.3 Å². The molecule has 0 bridgehead atoms. The summed E-state index contributed by atoms with van der Waals surface area (Å²) in [6.45, 7) is 9.89. The molecule has 0 heterocycles. The predicted molar refractivity (Wildman–Crippen MR) is 51.8 cm³/mol. The summed E-state index contributed by atoms with van der Waals surface area (Å²) >= 11 is 0. The maximum Gasteiger partial charge on any atom is 0.189 e. The molecule has 0 rings (SSSR count). The molecule has 0 amide bonds. The van der Waals surface area contributed by atoms with E-state index >= 15 is 0 Å². The average molecular weight is 188 g/mol. The van der Waals surface area contributed by atoms with Gasteiger partial charge in [0.25, 0.3) is 0 Å². The van der Waals surface area contributed by atoms with Crippen molar-refractivity contribution in [1.82, 2.24) is 0 Å². The molecule has 0 aromatic carbocycles. The van der Waals surface area contributed by atoms with Crippen molar-refractivity contribution >= 4 is 5.78 Å². The Hall–Kier alpha value is -0.410. The van der Waals surface area contributed by atoms with Gasteiger partial charge in [0.15, 0.2) is 5.78 Å². The number of Topliss-reactive ketones (excluding diaryl/α,β-unsaturated/α-hetero) is 1. The fourth-order valence-electron chi connectivity index (χ4n) is 0.857. The molecule has 0 aliphatic carbocycles. The Morgan fingerprint density at radius 1 is 1.38 bits per heavy atom. The summed E-state index contributed by atoms with van der Waals surface area (Å²) in [5.41, 5.74) is -0.719. The monoisotopic (exact) mass is 188 g/mol. The maximum atomic E-state index is 11.5. The third-order valence-corrected chi connectivity index (χ3v) is 1.72. The van der Waals surface area contributed by atoms with Crippen molar-refractivity contribution in [3.8, 4) is 0 Å². The van der Waals surface area contributed by atoms with Gasteiger partial charge in [0, 0.05) is 6.61 Å². The lowest BCUT2D eigenvalue weighted by Gasteiger charge is -2.23. The molecule has 0 atom stereocenters. The molecule has 13 heavy (non-hydrogen) atoms. The zero-order valence-corrected chi connectivity index (χ0v) is 9.22. The van der Waals surface area contributed by atoms with E-state index in [9.17, 15) is 4.79 Å². The Labute approximate surface area is 80.4 Å². The Morgan fingerprint density at radius 3 is 2.31 bits per heavy atom. The minimum Gasteiger partial charge on any atom is -0.371 e. The molecule has 3 heteroatoms. The van der Waals surface area contributed by atoms with Crippen molar-refractivity contribution in [2.75, 3.05) is 13.2 Å². The standard InChI is InChI=1S/C10H20O3/c1-6-13-10(4,5)9(11)7-12-8(2)3/h8H,6-7H2,1-5H3. The molecule has 0 aromatic rings. The second-order valence-corrected chi connectivity index (χ2v) is 3.73. The van der Waals surface area contributed by atoms with Gasteiger partial charge in [-0.1, -0.05) is 0 Å². The lowest BCUT2D eigenvalue weighted by molar-refractivity contribution is -0.145. The number of carbonyl (C=O) groups is 1. The van der Waals surface area contributed by atoms with Gasteiger partial charge < -0.3 is 9.47 Å². The van der Waals surface area contributed by atoms with Crippen LogP contribution in [-0.2, 0) is 14.3 Å². The van der Waals surface area contributed by atoms with Crippen LogP contribution in [0.4, 0.5) is 0 Å². The normalized spacial score (nSPS) is 12.2. The molecule has 0 saturated carbocycles. The molecule has 0 unspecified atom stereocenters. The largest absolute Gasteiger partial charge is 0.371 e. The lowest BCUT2D eigenvalue weighted by Crippen LogP contribution is -2.38. The minimum absolute atomic E-state index is 0.0111. The topological polar surface area (TPSA) is 35.5 Å². The van der Waals surface area contributed by atoms with Crippen LogP contribution in [0.15, 0.2) is 0 Å². The molecule has 3 nitrogen and oxygen atoms in total. The molecule has 0 N–H and O–H groups in total. The van der Waals surface area contributed by atoms with E-state index in [0.717, 1.165) is 0 Å². The molecule has 0 radical (unpaired) electrons. The maximum absolute atomic E-state index is 11.5. The van der Waals surface area contributed by atoms with Gasteiger partial charge in [0.05, 0.1) is 6.10 Å². The molecule has 0 aliphatic heterocycles. The minimum atomic E-state index is -0.719. The zero-order valence-electron chi connectivity index (χ0n) is 9.22. The SMILES string of the molecule is CCOC(C)(C)C(=O)COC(C)C. The second-order valence-electron chi connectivity index (χ2n) is 3.73. The second kappa shape index (κ2) is 5.35. The highest BCUT2D eigenvalue weighted by molar-refractivity contribution is 5.87. The van der Waals surface area contributed by atoms with Gasteiger partial charge in [-0.25, -0.2) is 0 Å². The summed E-state index contributed by atoms with van der Waals surface area (Å²) < 4.78 is 10.5. The van der Waals surface area contributed by atoms with Crippen LogP contribution < -0.4 is 0 Å². The lowest BCUT2D eigenvalue weighted by atomic mass is 10.0. The number of ether oxygens (including phenoxy) is 2. The number of ketones is 1. The van der Waals surface area contributed by atoms with Gasteiger partial charge in [0.1, 0.15) is 12.2 Å². The molecule has 78 valence electrons. The van der Waals surface area contributed by atoms with Crippen molar-refractivity contribution in [1.29, 1.82) is 0 Å². The Bertz CT molecular complexity index is 162. The van der Waals surface area contributed by atoms with Gasteiger partial charge in [0.2, 0.25) is 0 Å².